The first-order chi connectivity index (χ1) is 15.9. The van der Waals surface area contributed by atoms with Gasteiger partial charge in [0.15, 0.2) is 0 Å². The summed E-state index contributed by atoms with van der Waals surface area (Å²) in [6, 6.07) is 2.87. The lowest BCUT2D eigenvalue weighted by Crippen LogP contribution is -2.39. The summed E-state index contributed by atoms with van der Waals surface area (Å²) in [6.45, 7) is 0.657. The van der Waals surface area contributed by atoms with E-state index >= 15 is 0 Å². The molecule has 3 rings (SSSR count). The number of fused-ring (bicyclic) bond motifs is 1. The fourth-order valence-corrected chi connectivity index (χ4v) is 3.52. The maximum absolute atomic E-state index is 13.4. The van der Waals surface area contributed by atoms with Crippen molar-refractivity contribution in [3.05, 3.63) is 52.1 Å². The van der Waals surface area contributed by atoms with E-state index in [9.17, 15) is 19.4 Å². The topological polar surface area (TPSA) is 129 Å². The number of carbonyl (C=O) groups excluding carboxylic acids is 1. The summed E-state index contributed by atoms with van der Waals surface area (Å²) >= 11 is 5.79. The number of benzene rings is 1. The van der Waals surface area contributed by atoms with Gasteiger partial charge in [0, 0.05) is 26.5 Å². The molecule has 0 saturated heterocycles. The first kappa shape index (κ1) is 25.1. The second kappa shape index (κ2) is 12.1. The lowest BCUT2D eigenvalue weighted by molar-refractivity contribution is -0.113. The molecule has 12 heteroatoms. The lowest BCUT2D eigenvalue weighted by Gasteiger charge is -2.27. The van der Waals surface area contributed by atoms with Crippen molar-refractivity contribution < 1.29 is 29.0 Å². The van der Waals surface area contributed by atoms with Crippen molar-refractivity contribution in [3.63, 3.8) is 0 Å². The van der Waals surface area contributed by atoms with E-state index < -0.39 is 24.6 Å². The predicted octanol–water partition coefficient (Wildman–Crippen LogP) is 1.81. The molecular formula is C21H27ClFN5O5. The average molecular weight is 484 g/mol. The number of nitrogens with zero attached hydrogens (tertiary/aromatic N) is 3. The van der Waals surface area contributed by atoms with Gasteiger partial charge in [-0.15, -0.1) is 5.06 Å². The highest BCUT2D eigenvalue weighted by Gasteiger charge is 2.24. The van der Waals surface area contributed by atoms with Gasteiger partial charge >= 0.3 is 6.09 Å². The molecule has 1 amide bonds. The van der Waals surface area contributed by atoms with E-state index in [2.05, 4.69) is 20.6 Å². The van der Waals surface area contributed by atoms with E-state index in [1.54, 1.807) is 13.3 Å². The first-order valence-corrected chi connectivity index (χ1v) is 10.8. The smallest absolute Gasteiger partial charge is 0.394 e. The van der Waals surface area contributed by atoms with E-state index in [1.807, 2.05) is 0 Å². The highest BCUT2D eigenvalue weighted by molar-refractivity contribution is 6.30. The van der Waals surface area contributed by atoms with Crippen molar-refractivity contribution in [3.8, 4) is 0 Å². The molecule has 0 radical (unpaired) electrons. The SMILES string of the molecule is COCC[C@@H](CO)Nc1ncc2c(n1)CN(OC(=O)N[C@H](CO)c1ccc(F)c(Cl)c1)CC2. The lowest BCUT2D eigenvalue weighted by atomic mass is 10.1. The molecule has 0 fully saturated rings. The Morgan fingerprint density at radius 1 is 1.36 bits per heavy atom. The number of amides is 1. The van der Waals surface area contributed by atoms with E-state index in [0.717, 1.165) is 11.6 Å². The van der Waals surface area contributed by atoms with E-state index in [-0.39, 0.29) is 24.2 Å². The Balaban J connectivity index is 1.59. The summed E-state index contributed by atoms with van der Waals surface area (Å²) in [7, 11) is 1.59. The maximum atomic E-state index is 13.4. The van der Waals surface area contributed by atoms with Crippen molar-refractivity contribution in [2.24, 2.45) is 0 Å². The fourth-order valence-electron chi connectivity index (χ4n) is 3.33. The van der Waals surface area contributed by atoms with Crippen LogP contribution in [0, 0.1) is 5.82 Å². The molecule has 1 aromatic carbocycles. The molecule has 0 spiro atoms. The number of aliphatic hydroxyl groups is 2. The monoisotopic (exact) mass is 483 g/mol. The van der Waals surface area contributed by atoms with Gasteiger partial charge in [-0.2, -0.15) is 0 Å². The number of aliphatic hydroxyl groups excluding tert-OH is 2. The molecule has 33 heavy (non-hydrogen) atoms. The molecule has 0 unspecified atom stereocenters. The number of nitrogens with one attached hydrogen (secondary N) is 2. The van der Waals surface area contributed by atoms with Crippen LogP contribution in [0.2, 0.25) is 5.02 Å². The highest BCUT2D eigenvalue weighted by atomic mass is 35.5. The second-order valence-corrected chi connectivity index (χ2v) is 7.92. The Hall–Kier alpha value is -2.57. The summed E-state index contributed by atoms with van der Waals surface area (Å²) in [4.78, 5) is 26.6. The molecule has 4 N–H and O–H groups in total. The maximum Gasteiger partial charge on any atom is 0.426 e. The molecule has 2 heterocycles. The van der Waals surface area contributed by atoms with Crippen LogP contribution in [-0.4, -0.2) is 70.9 Å². The van der Waals surface area contributed by atoms with Gasteiger partial charge in [0.25, 0.3) is 0 Å². The van der Waals surface area contributed by atoms with Gasteiger partial charge in [-0.1, -0.05) is 17.7 Å². The highest BCUT2D eigenvalue weighted by Crippen LogP contribution is 2.22. The van der Waals surface area contributed by atoms with Crippen LogP contribution in [0.3, 0.4) is 0 Å². The van der Waals surface area contributed by atoms with Gasteiger partial charge in [0.2, 0.25) is 5.95 Å². The summed E-state index contributed by atoms with van der Waals surface area (Å²) in [5.74, 6) is -0.227. The Morgan fingerprint density at radius 2 is 2.18 bits per heavy atom. The third kappa shape index (κ3) is 6.95. The number of rotatable bonds is 10. The first-order valence-electron chi connectivity index (χ1n) is 10.4. The van der Waals surface area contributed by atoms with Gasteiger partial charge in [-0.05, 0) is 36.1 Å². The van der Waals surface area contributed by atoms with Gasteiger partial charge in [-0.3, -0.25) is 0 Å². The molecule has 2 aromatic rings. The quantitative estimate of drug-likeness (QED) is 0.400. The number of hydrogen-bond donors (Lipinski definition) is 4. The Kier molecular flexibility index (Phi) is 9.15. The fraction of sp³-hybridized carbons (Fsp3) is 0.476. The van der Waals surface area contributed by atoms with Gasteiger partial charge in [0.05, 0.1) is 42.6 Å². The molecule has 0 aliphatic carbocycles. The number of carbonyl (C=O) groups is 1. The van der Waals surface area contributed by atoms with Crippen LogP contribution in [0.25, 0.3) is 0 Å². The van der Waals surface area contributed by atoms with Gasteiger partial charge in [0.1, 0.15) is 5.82 Å². The zero-order chi connectivity index (χ0) is 23.8. The number of aromatic nitrogens is 2. The molecule has 1 aliphatic rings. The van der Waals surface area contributed by atoms with Crippen molar-refractivity contribution in [1.29, 1.82) is 0 Å². The van der Waals surface area contributed by atoms with Crippen LogP contribution >= 0.6 is 11.6 Å². The summed E-state index contributed by atoms with van der Waals surface area (Å²) in [6.07, 6.45) is 2.11. The Bertz CT molecular complexity index is 953. The Labute approximate surface area is 195 Å². The zero-order valence-corrected chi connectivity index (χ0v) is 18.9. The van der Waals surface area contributed by atoms with Crippen LogP contribution in [0.5, 0.6) is 0 Å². The average Bonchev–Trinajstić information content (AvgIpc) is 2.81. The molecular weight excluding hydrogens is 457 g/mol. The number of hydroxylamine groups is 2. The molecule has 2 atom stereocenters. The van der Waals surface area contributed by atoms with Crippen molar-refractivity contribution in [1.82, 2.24) is 20.3 Å². The standard InChI is InChI=1S/C21H27ClFN5O5/c1-32-7-5-15(11-29)25-20-24-9-14-4-6-28(10-18(14)26-20)33-21(31)27-19(12-30)13-2-3-17(23)16(22)8-13/h2-3,8-9,15,19,29-30H,4-7,10-12H2,1H3,(H,27,31)(H,24,25,26)/t15-,19+/m0/s1. The second-order valence-electron chi connectivity index (χ2n) is 7.52. The minimum absolute atomic E-state index is 0.0928. The van der Waals surface area contributed by atoms with Crippen molar-refractivity contribution in [2.75, 3.05) is 38.8 Å². The summed E-state index contributed by atoms with van der Waals surface area (Å²) < 4.78 is 18.4. The number of halogens is 2. The molecule has 180 valence electrons. The molecule has 1 aliphatic heterocycles. The third-order valence-electron chi connectivity index (χ3n) is 5.17. The normalized spacial score (nSPS) is 15.4. The summed E-state index contributed by atoms with van der Waals surface area (Å²) in [5.41, 5.74) is 2.08. The zero-order valence-electron chi connectivity index (χ0n) is 18.1. The Morgan fingerprint density at radius 3 is 2.88 bits per heavy atom. The molecule has 0 saturated carbocycles. The number of anilines is 1. The number of hydrogen-bond acceptors (Lipinski definition) is 9. The van der Waals surface area contributed by atoms with Crippen molar-refractivity contribution in [2.45, 2.75) is 31.5 Å². The van der Waals surface area contributed by atoms with Crippen LogP contribution in [0.4, 0.5) is 15.1 Å². The van der Waals surface area contributed by atoms with Gasteiger partial charge in [-0.25, -0.2) is 19.2 Å². The van der Waals surface area contributed by atoms with E-state index in [4.69, 9.17) is 21.2 Å². The van der Waals surface area contributed by atoms with Crippen LogP contribution in [0.1, 0.15) is 29.3 Å². The minimum atomic E-state index is -0.812. The molecule has 10 nitrogen and oxygen atoms in total. The van der Waals surface area contributed by atoms with Crippen LogP contribution in [-0.2, 0) is 22.5 Å². The minimum Gasteiger partial charge on any atom is -0.394 e. The van der Waals surface area contributed by atoms with E-state index in [0.29, 0.717) is 43.2 Å². The largest absolute Gasteiger partial charge is 0.426 e. The summed E-state index contributed by atoms with van der Waals surface area (Å²) in [5, 5.41) is 26.1. The third-order valence-corrected chi connectivity index (χ3v) is 5.46. The van der Waals surface area contributed by atoms with Crippen LogP contribution < -0.4 is 10.6 Å². The number of methoxy groups -OCH3 is 1. The molecule has 1 aromatic heterocycles. The predicted molar refractivity (Wildman–Crippen MR) is 118 cm³/mol. The number of ether oxygens (including phenoxy) is 1. The molecule has 0 bridgehead atoms. The van der Waals surface area contributed by atoms with E-state index in [1.165, 1.54) is 17.2 Å². The van der Waals surface area contributed by atoms with Crippen LogP contribution in [0.15, 0.2) is 24.4 Å². The van der Waals surface area contributed by atoms with Crippen molar-refractivity contribution >= 4 is 23.6 Å². The van der Waals surface area contributed by atoms with Gasteiger partial charge < -0.3 is 30.4 Å².